The largest absolute Gasteiger partial charge is 0.493 e. The van der Waals surface area contributed by atoms with Gasteiger partial charge >= 0.3 is 5.97 Å². The van der Waals surface area contributed by atoms with Crippen LogP contribution in [0.25, 0.3) is 0 Å². The van der Waals surface area contributed by atoms with Crippen LogP contribution in [0.2, 0.25) is 0 Å². The molecule has 9 nitrogen and oxygen atoms in total. The molecule has 0 spiro atoms. The summed E-state index contributed by atoms with van der Waals surface area (Å²) >= 11 is 0. The van der Waals surface area contributed by atoms with E-state index in [4.69, 9.17) is 14.9 Å². The van der Waals surface area contributed by atoms with Crippen molar-refractivity contribution in [3.63, 3.8) is 0 Å². The second kappa shape index (κ2) is 10.5. The van der Waals surface area contributed by atoms with Crippen molar-refractivity contribution in [1.29, 1.82) is 5.41 Å². The fourth-order valence-corrected chi connectivity index (χ4v) is 5.06. The van der Waals surface area contributed by atoms with Crippen LogP contribution in [0.3, 0.4) is 0 Å². The number of aliphatic imine (C=N–C) groups is 1. The molecule has 37 heavy (non-hydrogen) atoms. The van der Waals surface area contributed by atoms with Gasteiger partial charge in [0.15, 0.2) is 0 Å². The number of piperidine rings is 2. The summed E-state index contributed by atoms with van der Waals surface area (Å²) in [7, 11) is 0. The van der Waals surface area contributed by atoms with Crippen molar-refractivity contribution < 1.29 is 23.9 Å². The minimum Gasteiger partial charge on any atom is -0.493 e. The van der Waals surface area contributed by atoms with E-state index in [0.717, 1.165) is 36.3 Å². The number of esters is 1. The van der Waals surface area contributed by atoms with Crippen LogP contribution in [0.15, 0.2) is 47.5 Å². The summed E-state index contributed by atoms with van der Waals surface area (Å²) in [5.41, 5.74) is 2.95. The van der Waals surface area contributed by atoms with E-state index in [9.17, 15) is 14.4 Å². The van der Waals surface area contributed by atoms with Gasteiger partial charge in [0.25, 0.3) is 5.91 Å². The second-order valence-corrected chi connectivity index (χ2v) is 9.34. The number of carbonyl (C=O) groups excluding carboxylic acids is 3. The number of benzene rings is 2. The maximum Gasteiger partial charge on any atom is 0.352 e. The Balaban J connectivity index is 1.44. The zero-order valence-corrected chi connectivity index (χ0v) is 20.9. The Morgan fingerprint density at radius 1 is 1.05 bits per heavy atom. The first-order valence-corrected chi connectivity index (χ1v) is 12.8. The van der Waals surface area contributed by atoms with Gasteiger partial charge in [-0.3, -0.25) is 15.0 Å². The lowest BCUT2D eigenvalue weighted by Gasteiger charge is -2.33. The molecule has 9 heteroatoms. The molecule has 0 aromatic heterocycles. The van der Waals surface area contributed by atoms with Crippen LogP contribution in [0.1, 0.15) is 38.2 Å². The Morgan fingerprint density at radius 3 is 2.54 bits per heavy atom. The molecule has 3 aliphatic rings. The van der Waals surface area contributed by atoms with E-state index in [1.54, 1.807) is 22.8 Å². The van der Waals surface area contributed by atoms with E-state index < -0.39 is 11.9 Å². The van der Waals surface area contributed by atoms with Gasteiger partial charge in [0.1, 0.15) is 17.2 Å². The second-order valence-electron chi connectivity index (χ2n) is 9.34. The molecule has 5 rings (SSSR count). The number of anilines is 2. The fraction of sp³-hybridized carbons (Fsp3) is 0.393. The number of amides is 2. The molecule has 2 amide bonds. The molecule has 0 bridgehead atoms. The van der Waals surface area contributed by atoms with Crippen molar-refractivity contribution in [3.05, 3.63) is 48.0 Å². The van der Waals surface area contributed by atoms with E-state index >= 15 is 0 Å². The predicted molar refractivity (Wildman–Crippen MR) is 140 cm³/mol. The number of carbonyl (C=O) groups is 3. The first-order chi connectivity index (χ1) is 18.0. The highest BCUT2D eigenvalue weighted by atomic mass is 16.5. The quantitative estimate of drug-likeness (QED) is 0.476. The highest BCUT2D eigenvalue weighted by Crippen LogP contribution is 2.32. The van der Waals surface area contributed by atoms with Crippen LogP contribution >= 0.6 is 0 Å². The minimum atomic E-state index is -0.766. The molecule has 1 N–H and O–H groups in total. The maximum atomic E-state index is 13.8. The fourth-order valence-electron chi connectivity index (χ4n) is 5.06. The van der Waals surface area contributed by atoms with E-state index in [1.165, 1.54) is 0 Å². The third kappa shape index (κ3) is 4.98. The van der Waals surface area contributed by atoms with Crippen LogP contribution < -0.4 is 14.5 Å². The Morgan fingerprint density at radius 2 is 1.81 bits per heavy atom. The third-order valence-corrected chi connectivity index (χ3v) is 7.00. The molecular weight excluding hydrogens is 472 g/mol. The topological polar surface area (TPSA) is 112 Å². The first kappa shape index (κ1) is 24.7. The number of hydrogen-bond donors (Lipinski definition) is 1. The van der Waals surface area contributed by atoms with Gasteiger partial charge in [-0.1, -0.05) is 0 Å². The van der Waals surface area contributed by atoms with Gasteiger partial charge < -0.3 is 19.3 Å². The number of ether oxygens (including phenoxy) is 2. The average Bonchev–Trinajstić information content (AvgIpc) is 3.38. The van der Waals surface area contributed by atoms with E-state index in [-0.39, 0.29) is 29.8 Å². The van der Waals surface area contributed by atoms with Crippen LogP contribution in [0, 0.1) is 11.3 Å². The van der Waals surface area contributed by atoms with Gasteiger partial charge in [0.2, 0.25) is 5.91 Å². The van der Waals surface area contributed by atoms with Crippen molar-refractivity contribution in [3.8, 4) is 5.75 Å². The molecule has 2 aromatic carbocycles. The highest BCUT2D eigenvalue weighted by Gasteiger charge is 2.39. The monoisotopic (exact) mass is 502 g/mol. The van der Waals surface area contributed by atoms with E-state index in [2.05, 4.69) is 4.99 Å². The summed E-state index contributed by atoms with van der Waals surface area (Å²) in [6, 6.07) is 12.9. The number of rotatable bonds is 6. The third-order valence-electron chi connectivity index (χ3n) is 7.00. The summed E-state index contributed by atoms with van der Waals surface area (Å²) in [4.78, 5) is 46.5. The van der Waals surface area contributed by atoms with Gasteiger partial charge in [0, 0.05) is 37.3 Å². The molecule has 2 aromatic rings. The molecule has 0 aliphatic carbocycles. The standard InChI is InChI=1S/C28H30N4O5/c1-2-36-28(35)25(29)22-12-15-32(21-9-7-20(8-10-21)31-14-4-3-5-24(31)33)27(34)26(22)30-19-6-11-23-18(17-19)13-16-37-23/h6-11,17,22,29H,2-5,12-16H2,1H3. The number of nitrogens with zero attached hydrogens (tertiary/aromatic N) is 3. The van der Waals surface area contributed by atoms with Crippen LogP contribution in [-0.2, 0) is 25.5 Å². The average molecular weight is 503 g/mol. The smallest absolute Gasteiger partial charge is 0.352 e. The van der Waals surface area contributed by atoms with Gasteiger partial charge in [-0.25, -0.2) is 9.79 Å². The molecule has 1 unspecified atom stereocenters. The number of fused-ring (bicyclic) bond motifs is 1. The Hall–Kier alpha value is -4.01. The summed E-state index contributed by atoms with van der Waals surface area (Å²) in [6.45, 7) is 3.46. The highest BCUT2D eigenvalue weighted by molar-refractivity contribution is 6.53. The molecule has 2 fully saturated rings. The van der Waals surface area contributed by atoms with Crippen molar-refractivity contribution in [2.45, 2.75) is 39.0 Å². The molecular formula is C28H30N4O5. The summed E-state index contributed by atoms with van der Waals surface area (Å²) in [6.07, 6.45) is 3.57. The maximum absolute atomic E-state index is 13.8. The Labute approximate surface area is 215 Å². The molecule has 3 aliphatic heterocycles. The predicted octanol–water partition coefficient (Wildman–Crippen LogP) is 3.85. The van der Waals surface area contributed by atoms with Gasteiger partial charge in [0.05, 0.1) is 24.8 Å². The zero-order valence-electron chi connectivity index (χ0n) is 20.9. The Bertz CT molecular complexity index is 1270. The summed E-state index contributed by atoms with van der Waals surface area (Å²) < 4.78 is 10.6. The minimum absolute atomic E-state index is 0.113. The Kier molecular flexibility index (Phi) is 7.03. The molecule has 2 saturated heterocycles. The first-order valence-electron chi connectivity index (χ1n) is 12.8. The van der Waals surface area contributed by atoms with Crippen LogP contribution in [0.5, 0.6) is 5.75 Å². The van der Waals surface area contributed by atoms with Crippen LogP contribution in [0.4, 0.5) is 17.1 Å². The molecule has 0 radical (unpaired) electrons. The van der Waals surface area contributed by atoms with Crippen molar-refractivity contribution in [1.82, 2.24) is 0 Å². The lowest BCUT2D eigenvalue weighted by atomic mass is 9.88. The van der Waals surface area contributed by atoms with Crippen molar-refractivity contribution >= 4 is 46.3 Å². The van der Waals surface area contributed by atoms with Crippen molar-refractivity contribution in [2.75, 3.05) is 36.1 Å². The molecule has 192 valence electrons. The van der Waals surface area contributed by atoms with E-state index in [0.29, 0.717) is 43.9 Å². The summed E-state index contributed by atoms with van der Waals surface area (Å²) in [5, 5.41) is 8.45. The van der Waals surface area contributed by atoms with E-state index in [1.807, 2.05) is 36.4 Å². The van der Waals surface area contributed by atoms with Crippen LogP contribution in [-0.4, -0.2) is 55.5 Å². The van der Waals surface area contributed by atoms with Crippen molar-refractivity contribution in [2.24, 2.45) is 10.9 Å². The zero-order chi connectivity index (χ0) is 25.9. The van der Waals surface area contributed by atoms with Gasteiger partial charge in [-0.05, 0) is 74.2 Å². The number of nitrogens with one attached hydrogen (secondary N) is 1. The SMILES string of the molecule is CCOC(=O)C(=N)C1CCN(c2ccc(N3CCCCC3=O)cc2)C(=O)C1=Nc1ccc2c(c1)CCO2. The number of hydrogen-bond acceptors (Lipinski definition) is 7. The lowest BCUT2D eigenvalue weighted by molar-refractivity contribution is -0.135. The summed E-state index contributed by atoms with van der Waals surface area (Å²) in [5.74, 6) is -0.938. The molecule has 1 atom stereocenters. The van der Waals surface area contributed by atoms with Gasteiger partial charge in [-0.2, -0.15) is 0 Å². The lowest BCUT2D eigenvalue weighted by Crippen LogP contribution is -2.50. The van der Waals surface area contributed by atoms with Gasteiger partial charge in [-0.15, -0.1) is 0 Å². The normalized spacial score (nSPS) is 20.6. The molecule has 0 saturated carbocycles. The molecule has 3 heterocycles.